The van der Waals surface area contributed by atoms with Crippen LogP contribution in [0.15, 0.2) is 66.4 Å². The molecule has 0 aliphatic heterocycles. The molecule has 0 atom stereocenters. The molecule has 4 nitrogen and oxygen atoms in total. The van der Waals surface area contributed by atoms with E-state index in [9.17, 15) is 20.4 Å². The van der Waals surface area contributed by atoms with Crippen molar-refractivity contribution in [3.8, 4) is 23.0 Å². The van der Waals surface area contributed by atoms with Crippen LogP contribution >= 0.6 is 63.7 Å². The summed E-state index contributed by atoms with van der Waals surface area (Å²) in [6.45, 7) is 7.49. The van der Waals surface area contributed by atoms with Gasteiger partial charge in [-0.2, -0.15) is 0 Å². The summed E-state index contributed by atoms with van der Waals surface area (Å²) in [4.78, 5) is 0. The molecule has 0 radical (unpaired) electrons. The van der Waals surface area contributed by atoms with Crippen molar-refractivity contribution in [1.29, 1.82) is 0 Å². The van der Waals surface area contributed by atoms with Crippen LogP contribution < -0.4 is 0 Å². The molecule has 0 saturated heterocycles. The second-order valence-electron chi connectivity index (χ2n) is 10.0. The van der Waals surface area contributed by atoms with Crippen molar-refractivity contribution in [2.45, 2.75) is 46.0 Å². The number of halogens is 4. The van der Waals surface area contributed by atoms with E-state index in [1.807, 2.05) is 76.2 Å². The SMILES string of the molecule is Cc1cc(C(CC(c2cc(C)c(O)c(Br)c2)c2cc(C)c(O)c(Br)c2)c2cc(C)c(O)c(Br)c2)cc(Br)c1O. The zero-order chi connectivity index (χ0) is 28.8. The van der Waals surface area contributed by atoms with Crippen LogP contribution in [0.5, 0.6) is 23.0 Å². The Bertz CT molecular complexity index is 1260. The van der Waals surface area contributed by atoms with Crippen LogP contribution in [0, 0.1) is 27.7 Å². The lowest BCUT2D eigenvalue weighted by atomic mass is 9.77. The van der Waals surface area contributed by atoms with Gasteiger partial charge in [-0.15, -0.1) is 0 Å². The molecule has 0 aromatic heterocycles. The van der Waals surface area contributed by atoms with E-state index in [4.69, 9.17) is 0 Å². The summed E-state index contributed by atoms with van der Waals surface area (Å²) in [5.74, 6) is 0.534. The lowest BCUT2D eigenvalue weighted by molar-refractivity contribution is 0.466. The minimum Gasteiger partial charge on any atom is -0.506 e. The summed E-state index contributed by atoms with van der Waals surface area (Å²) in [5, 5.41) is 41.9. The maximum Gasteiger partial charge on any atom is 0.132 e. The van der Waals surface area contributed by atoms with E-state index < -0.39 is 0 Å². The van der Waals surface area contributed by atoms with Crippen molar-refractivity contribution in [2.24, 2.45) is 0 Å². The van der Waals surface area contributed by atoms with Gasteiger partial charge in [0.25, 0.3) is 0 Å². The average Bonchev–Trinajstić information content (AvgIpc) is 2.87. The molecule has 0 spiro atoms. The van der Waals surface area contributed by atoms with Gasteiger partial charge in [0.15, 0.2) is 0 Å². The number of phenols is 4. The second-order valence-corrected chi connectivity index (χ2v) is 13.4. The standard InChI is InChI=1S/C31H28Br4O4/c1-14-5-18(9-24(32)28(14)36)22(19-6-15(2)29(37)25(33)10-19)13-23(20-7-16(3)30(38)26(34)11-20)21-8-17(4)31(39)27(35)12-21/h5-12,22-23,36-39H,13H2,1-4H3. The number of hydrogen-bond donors (Lipinski definition) is 4. The van der Waals surface area contributed by atoms with Crippen LogP contribution in [-0.2, 0) is 0 Å². The molecule has 204 valence electrons. The van der Waals surface area contributed by atoms with Gasteiger partial charge in [0, 0.05) is 11.8 Å². The fraction of sp³-hybridized carbons (Fsp3) is 0.226. The Kier molecular flexibility index (Phi) is 9.11. The highest BCUT2D eigenvalue weighted by Crippen LogP contribution is 2.46. The van der Waals surface area contributed by atoms with E-state index in [1.54, 1.807) is 0 Å². The number of aromatic hydroxyl groups is 4. The Morgan fingerprint density at radius 1 is 0.436 bits per heavy atom. The summed E-state index contributed by atoms with van der Waals surface area (Å²) in [5.41, 5.74) is 7.02. The van der Waals surface area contributed by atoms with Crippen molar-refractivity contribution >= 4 is 63.7 Å². The summed E-state index contributed by atoms with van der Waals surface area (Å²) >= 11 is 14.1. The molecular formula is C31H28Br4O4. The first-order valence-corrected chi connectivity index (χ1v) is 15.4. The largest absolute Gasteiger partial charge is 0.506 e. The van der Waals surface area contributed by atoms with Gasteiger partial charge in [0.2, 0.25) is 0 Å². The van der Waals surface area contributed by atoms with Crippen LogP contribution in [0.1, 0.15) is 62.8 Å². The van der Waals surface area contributed by atoms with Gasteiger partial charge in [-0.3, -0.25) is 0 Å². The molecule has 0 amide bonds. The first kappa shape index (κ1) is 30.0. The number of aryl methyl sites for hydroxylation is 4. The maximum absolute atomic E-state index is 10.5. The normalized spacial score (nSPS) is 11.5. The minimum atomic E-state index is -0.137. The van der Waals surface area contributed by atoms with Crippen molar-refractivity contribution in [3.05, 3.63) is 111 Å². The van der Waals surface area contributed by atoms with Crippen LogP contribution in [0.2, 0.25) is 0 Å². The van der Waals surface area contributed by atoms with E-state index in [1.165, 1.54) is 0 Å². The monoisotopic (exact) mass is 780 g/mol. The molecule has 4 aromatic rings. The number of hydrogen-bond acceptors (Lipinski definition) is 4. The predicted octanol–water partition coefficient (Wildman–Crippen LogP) is 10.1. The van der Waals surface area contributed by atoms with Gasteiger partial charge in [0.05, 0.1) is 17.9 Å². The summed E-state index contributed by atoms with van der Waals surface area (Å²) < 4.78 is 2.44. The second kappa shape index (κ2) is 11.9. The molecule has 39 heavy (non-hydrogen) atoms. The van der Waals surface area contributed by atoms with Gasteiger partial charge < -0.3 is 20.4 Å². The van der Waals surface area contributed by atoms with Crippen LogP contribution in [0.3, 0.4) is 0 Å². The van der Waals surface area contributed by atoms with Gasteiger partial charge in [-0.25, -0.2) is 0 Å². The fourth-order valence-electron chi connectivity index (χ4n) is 5.02. The fourth-order valence-corrected chi connectivity index (χ4v) is 7.33. The Labute approximate surface area is 262 Å². The highest BCUT2D eigenvalue weighted by Gasteiger charge is 2.27. The van der Waals surface area contributed by atoms with Crippen molar-refractivity contribution in [1.82, 2.24) is 0 Å². The number of benzene rings is 4. The molecule has 0 fully saturated rings. The summed E-state index contributed by atoms with van der Waals surface area (Å²) in [6.07, 6.45) is 0.626. The van der Waals surface area contributed by atoms with Gasteiger partial charge in [-0.05, 0) is 167 Å². The summed E-state index contributed by atoms with van der Waals surface area (Å²) in [6, 6.07) is 15.7. The van der Waals surface area contributed by atoms with E-state index in [2.05, 4.69) is 63.7 Å². The first-order valence-electron chi connectivity index (χ1n) is 12.2. The Balaban J connectivity index is 1.98. The molecule has 4 N–H and O–H groups in total. The molecule has 0 unspecified atom stereocenters. The van der Waals surface area contributed by atoms with Gasteiger partial charge in [-0.1, -0.05) is 24.3 Å². The number of phenolic OH excluding ortho intramolecular Hbond substituents is 4. The van der Waals surface area contributed by atoms with Crippen molar-refractivity contribution in [3.63, 3.8) is 0 Å². The quantitative estimate of drug-likeness (QED) is 0.157. The molecule has 4 rings (SSSR count). The lowest BCUT2D eigenvalue weighted by Gasteiger charge is -2.28. The third-order valence-electron chi connectivity index (χ3n) is 7.19. The first-order chi connectivity index (χ1) is 18.3. The molecule has 0 saturated carbocycles. The highest BCUT2D eigenvalue weighted by atomic mass is 79.9. The predicted molar refractivity (Wildman–Crippen MR) is 170 cm³/mol. The topological polar surface area (TPSA) is 80.9 Å². The highest BCUT2D eigenvalue weighted by molar-refractivity contribution is 9.11. The molecule has 0 aliphatic carbocycles. The maximum atomic E-state index is 10.5. The Morgan fingerprint density at radius 2 is 0.641 bits per heavy atom. The third-order valence-corrected chi connectivity index (χ3v) is 9.60. The van der Waals surface area contributed by atoms with E-state index in [-0.39, 0.29) is 34.8 Å². The molecular weight excluding hydrogens is 756 g/mol. The minimum absolute atomic E-state index is 0.137. The van der Waals surface area contributed by atoms with Crippen molar-refractivity contribution in [2.75, 3.05) is 0 Å². The van der Waals surface area contributed by atoms with E-state index in [0.717, 1.165) is 44.5 Å². The lowest BCUT2D eigenvalue weighted by Crippen LogP contribution is -2.11. The van der Waals surface area contributed by atoms with Crippen LogP contribution in [0.25, 0.3) is 0 Å². The molecule has 4 aromatic carbocycles. The zero-order valence-electron chi connectivity index (χ0n) is 21.8. The van der Waals surface area contributed by atoms with E-state index >= 15 is 0 Å². The van der Waals surface area contributed by atoms with Crippen LogP contribution in [0.4, 0.5) is 0 Å². The average molecular weight is 784 g/mol. The Morgan fingerprint density at radius 3 is 0.821 bits per heavy atom. The van der Waals surface area contributed by atoms with Gasteiger partial charge in [0.1, 0.15) is 23.0 Å². The smallest absolute Gasteiger partial charge is 0.132 e. The van der Waals surface area contributed by atoms with Crippen LogP contribution in [-0.4, -0.2) is 20.4 Å². The molecule has 0 aliphatic rings. The van der Waals surface area contributed by atoms with Gasteiger partial charge >= 0.3 is 0 Å². The van der Waals surface area contributed by atoms with E-state index in [0.29, 0.717) is 24.3 Å². The molecule has 0 bridgehead atoms. The summed E-state index contributed by atoms with van der Waals surface area (Å²) in [7, 11) is 0. The van der Waals surface area contributed by atoms with Crippen molar-refractivity contribution < 1.29 is 20.4 Å². The molecule has 0 heterocycles. The number of rotatable bonds is 6. The third kappa shape index (κ3) is 6.19. The molecule has 8 heteroatoms. The zero-order valence-corrected chi connectivity index (χ0v) is 28.1. The Hall–Kier alpha value is -2.00.